The number of aryl methyl sites for hydroxylation is 1. The van der Waals surface area contributed by atoms with Gasteiger partial charge in [-0.3, -0.25) is 0 Å². The van der Waals surface area contributed by atoms with Crippen LogP contribution in [-0.4, -0.2) is 14.6 Å². The zero-order valence-electron chi connectivity index (χ0n) is 7.37. The average Bonchev–Trinajstić information content (AvgIpc) is 2.58. The van der Waals surface area contributed by atoms with Crippen LogP contribution in [0.2, 0.25) is 0 Å². The first-order valence-electron chi connectivity index (χ1n) is 4.29. The van der Waals surface area contributed by atoms with E-state index in [1.54, 1.807) is 10.7 Å². The van der Waals surface area contributed by atoms with Gasteiger partial charge in [-0.05, 0) is 12.5 Å². The minimum atomic E-state index is -0.192. The number of nitrogens with zero attached hydrogens (tertiary/aromatic N) is 3. The van der Waals surface area contributed by atoms with Crippen molar-refractivity contribution in [3.05, 3.63) is 30.0 Å². The molecule has 2 aromatic rings. The smallest absolute Gasteiger partial charge is 0.161 e. The van der Waals surface area contributed by atoms with E-state index < -0.39 is 0 Å². The highest BCUT2D eigenvalue weighted by molar-refractivity contribution is 5.46. The molecule has 0 aliphatic rings. The summed E-state index contributed by atoms with van der Waals surface area (Å²) in [5.41, 5.74) is 1.28. The van der Waals surface area contributed by atoms with Gasteiger partial charge < -0.3 is 0 Å². The van der Waals surface area contributed by atoms with E-state index in [2.05, 4.69) is 10.1 Å². The van der Waals surface area contributed by atoms with Crippen molar-refractivity contribution in [1.82, 2.24) is 14.6 Å². The predicted octanol–water partition coefficient (Wildman–Crippen LogP) is 1.82. The Morgan fingerprint density at radius 1 is 1.54 bits per heavy atom. The molecule has 0 atom stereocenters. The van der Waals surface area contributed by atoms with E-state index in [0.29, 0.717) is 17.6 Å². The lowest BCUT2D eigenvalue weighted by molar-refractivity contribution is 0.604. The summed E-state index contributed by atoms with van der Waals surface area (Å²) in [4.78, 5) is 4.01. The lowest BCUT2D eigenvalue weighted by Crippen LogP contribution is -1.97. The van der Waals surface area contributed by atoms with Gasteiger partial charge in [0.15, 0.2) is 5.65 Å². The van der Waals surface area contributed by atoms with Crippen LogP contribution < -0.4 is 0 Å². The van der Waals surface area contributed by atoms with E-state index in [4.69, 9.17) is 0 Å². The molecular weight excluding hydrogens is 169 g/mol. The Labute approximate surface area is 75.2 Å². The van der Waals surface area contributed by atoms with Gasteiger partial charge in [-0.2, -0.15) is 5.10 Å². The first-order valence-corrected chi connectivity index (χ1v) is 4.29. The van der Waals surface area contributed by atoms with Crippen LogP contribution in [0.15, 0.2) is 18.6 Å². The van der Waals surface area contributed by atoms with Crippen molar-refractivity contribution in [3.8, 4) is 0 Å². The van der Waals surface area contributed by atoms with E-state index in [9.17, 15) is 4.39 Å². The van der Waals surface area contributed by atoms with Crippen LogP contribution in [0.3, 0.4) is 0 Å². The van der Waals surface area contributed by atoms with E-state index in [1.165, 1.54) is 12.4 Å². The fourth-order valence-corrected chi connectivity index (χ4v) is 1.40. The zero-order chi connectivity index (χ0) is 9.26. The standard InChI is InChI=1S/C9H10FN3/c1-2-3-7-8(10)4-5-13-9(7)11-6-12-13/h4-6H,2-3H2,1H3. The molecule has 0 aliphatic heterocycles. The van der Waals surface area contributed by atoms with E-state index in [0.717, 1.165) is 6.42 Å². The Morgan fingerprint density at radius 3 is 3.15 bits per heavy atom. The molecule has 0 radical (unpaired) electrons. The Morgan fingerprint density at radius 2 is 2.38 bits per heavy atom. The summed E-state index contributed by atoms with van der Waals surface area (Å²) < 4.78 is 14.9. The van der Waals surface area contributed by atoms with Crippen LogP contribution in [0.4, 0.5) is 4.39 Å². The van der Waals surface area contributed by atoms with Crippen molar-refractivity contribution in [2.24, 2.45) is 0 Å². The molecule has 0 saturated carbocycles. The van der Waals surface area contributed by atoms with Crippen molar-refractivity contribution in [1.29, 1.82) is 0 Å². The van der Waals surface area contributed by atoms with Crippen LogP contribution in [-0.2, 0) is 6.42 Å². The van der Waals surface area contributed by atoms with E-state index >= 15 is 0 Å². The Bertz CT molecular complexity index is 422. The van der Waals surface area contributed by atoms with Crippen LogP contribution in [0, 0.1) is 5.82 Å². The van der Waals surface area contributed by atoms with Crippen LogP contribution >= 0.6 is 0 Å². The molecule has 2 rings (SSSR count). The number of fused-ring (bicyclic) bond motifs is 1. The number of halogens is 1. The molecule has 68 valence electrons. The molecule has 2 heterocycles. The highest BCUT2D eigenvalue weighted by Crippen LogP contribution is 2.13. The monoisotopic (exact) mass is 179 g/mol. The second-order valence-electron chi connectivity index (χ2n) is 2.92. The SMILES string of the molecule is CCCc1c(F)ccn2ncnc12. The van der Waals surface area contributed by atoms with Gasteiger partial charge in [0.25, 0.3) is 0 Å². The molecule has 0 spiro atoms. The molecule has 0 bridgehead atoms. The van der Waals surface area contributed by atoms with Crippen molar-refractivity contribution in [3.63, 3.8) is 0 Å². The van der Waals surface area contributed by atoms with Crippen LogP contribution in [0.5, 0.6) is 0 Å². The van der Waals surface area contributed by atoms with Gasteiger partial charge in [-0.1, -0.05) is 13.3 Å². The molecule has 4 heteroatoms. The molecule has 0 aromatic carbocycles. The third kappa shape index (κ3) is 1.28. The number of pyridine rings is 1. The summed E-state index contributed by atoms with van der Waals surface area (Å²) in [6.45, 7) is 2.01. The summed E-state index contributed by atoms with van der Waals surface area (Å²) in [5.74, 6) is -0.192. The summed E-state index contributed by atoms with van der Waals surface area (Å²) in [6.07, 6.45) is 4.63. The van der Waals surface area contributed by atoms with Gasteiger partial charge in [0, 0.05) is 11.8 Å². The molecule has 0 unspecified atom stereocenters. The lowest BCUT2D eigenvalue weighted by atomic mass is 10.1. The second-order valence-corrected chi connectivity index (χ2v) is 2.92. The lowest BCUT2D eigenvalue weighted by Gasteiger charge is -2.01. The Kier molecular flexibility index (Phi) is 1.96. The molecule has 13 heavy (non-hydrogen) atoms. The van der Waals surface area contributed by atoms with E-state index in [-0.39, 0.29) is 5.82 Å². The van der Waals surface area contributed by atoms with Gasteiger partial charge in [0.05, 0.1) is 0 Å². The van der Waals surface area contributed by atoms with Crippen LogP contribution in [0.1, 0.15) is 18.9 Å². The zero-order valence-corrected chi connectivity index (χ0v) is 7.37. The summed E-state index contributed by atoms with van der Waals surface area (Å²) in [6, 6.07) is 1.42. The quantitative estimate of drug-likeness (QED) is 0.703. The van der Waals surface area contributed by atoms with Crippen LogP contribution in [0.25, 0.3) is 5.65 Å². The second kappa shape index (κ2) is 3.12. The fraction of sp³-hybridized carbons (Fsp3) is 0.333. The average molecular weight is 179 g/mol. The molecule has 3 nitrogen and oxygen atoms in total. The summed E-state index contributed by atoms with van der Waals surface area (Å²) >= 11 is 0. The van der Waals surface area contributed by atoms with Crippen molar-refractivity contribution >= 4 is 5.65 Å². The van der Waals surface area contributed by atoms with Gasteiger partial charge >= 0.3 is 0 Å². The molecule has 0 fully saturated rings. The molecule has 0 amide bonds. The summed E-state index contributed by atoms with van der Waals surface area (Å²) in [5, 5.41) is 3.94. The maximum Gasteiger partial charge on any atom is 0.161 e. The molecule has 0 saturated heterocycles. The molecule has 0 aliphatic carbocycles. The predicted molar refractivity (Wildman–Crippen MR) is 46.9 cm³/mol. The fourth-order valence-electron chi connectivity index (χ4n) is 1.40. The third-order valence-electron chi connectivity index (χ3n) is 1.99. The molecule has 2 aromatic heterocycles. The maximum absolute atomic E-state index is 13.3. The number of hydrogen-bond donors (Lipinski definition) is 0. The molecular formula is C9H10FN3. The van der Waals surface area contributed by atoms with Gasteiger partial charge in [0.2, 0.25) is 0 Å². The number of rotatable bonds is 2. The topological polar surface area (TPSA) is 30.2 Å². The Hall–Kier alpha value is -1.45. The van der Waals surface area contributed by atoms with Gasteiger partial charge in [0.1, 0.15) is 12.1 Å². The highest BCUT2D eigenvalue weighted by atomic mass is 19.1. The minimum Gasteiger partial charge on any atom is -0.221 e. The third-order valence-corrected chi connectivity index (χ3v) is 1.99. The van der Waals surface area contributed by atoms with Crippen molar-refractivity contribution < 1.29 is 4.39 Å². The van der Waals surface area contributed by atoms with Gasteiger partial charge in [-0.25, -0.2) is 13.9 Å². The molecule has 0 N–H and O–H groups in total. The number of aromatic nitrogens is 3. The first-order chi connectivity index (χ1) is 6.33. The van der Waals surface area contributed by atoms with E-state index in [1.807, 2.05) is 6.92 Å². The van der Waals surface area contributed by atoms with Gasteiger partial charge in [-0.15, -0.1) is 0 Å². The normalized spacial score (nSPS) is 10.9. The summed E-state index contributed by atoms with van der Waals surface area (Å²) in [7, 11) is 0. The largest absolute Gasteiger partial charge is 0.221 e. The highest BCUT2D eigenvalue weighted by Gasteiger charge is 2.07. The number of hydrogen-bond acceptors (Lipinski definition) is 2. The van der Waals surface area contributed by atoms with Crippen molar-refractivity contribution in [2.75, 3.05) is 0 Å². The first kappa shape index (κ1) is 8.16. The maximum atomic E-state index is 13.3. The Balaban J connectivity index is 2.66. The van der Waals surface area contributed by atoms with Crippen molar-refractivity contribution in [2.45, 2.75) is 19.8 Å². The minimum absolute atomic E-state index is 0.192.